The molecule has 4 N–H and O–H groups in total. The molecule has 0 aromatic heterocycles. The van der Waals surface area contributed by atoms with Crippen LogP contribution in [0, 0.1) is 0 Å². The summed E-state index contributed by atoms with van der Waals surface area (Å²) >= 11 is 0. The second-order valence-corrected chi connectivity index (χ2v) is 7.71. The van der Waals surface area contributed by atoms with Gasteiger partial charge >= 0.3 is 24.5 Å². The highest BCUT2D eigenvalue weighted by molar-refractivity contribution is 5.91. The molecule has 0 bridgehead atoms. The molecule has 0 aliphatic rings. The number of hydrogen-bond acceptors (Lipinski definition) is 7. The van der Waals surface area contributed by atoms with Crippen LogP contribution in [0.2, 0.25) is 0 Å². The molecule has 3 aromatic rings. The van der Waals surface area contributed by atoms with E-state index in [4.69, 9.17) is 20.9 Å². The monoisotopic (exact) mass is 518 g/mol. The van der Waals surface area contributed by atoms with Crippen LogP contribution in [0.3, 0.4) is 0 Å². The van der Waals surface area contributed by atoms with Crippen molar-refractivity contribution in [2.75, 3.05) is 18.1 Å². The van der Waals surface area contributed by atoms with E-state index in [0.717, 1.165) is 29.8 Å². The number of alkyl halides is 4. The quantitative estimate of drug-likeness (QED) is 0.126. The fourth-order valence-corrected chi connectivity index (χ4v) is 3.05. The Balaban J connectivity index is 1.48. The Kier molecular flexibility index (Phi) is 8.72. The van der Waals surface area contributed by atoms with Gasteiger partial charge in [-0.05, 0) is 71.8 Å². The number of nitrogens with two attached hydrogens (primary N) is 2. The molecule has 0 aliphatic carbocycles. The highest BCUT2D eigenvalue weighted by Crippen LogP contribution is 2.27. The second-order valence-electron chi connectivity index (χ2n) is 7.71. The van der Waals surface area contributed by atoms with Crippen LogP contribution in [-0.4, -0.2) is 31.1 Å². The molecule has 0 radical (unpaired) electrons. The van der Waals surface area contributed by atoms with Crippen LogP contribution < -0.4 is 20.9 Å². The van der Waals surface area contributed by atoms with E-state index in [1.807, 2.05) is 0 Å². The summed E-state index contributed by atoms with van der Waals surface area (Å²) < 4.78 is 64.6. The standard InChI is InChI=1S/C26H22F4N2O5/c27-25(28)26(29,30)37-22-8-4-18(5-9-22)24(34)36-21-6-1-16(2-7-21)3-10-23(33)35-12-11-17-13-19(31)15-20(32)14-17/h1-10,13-15,25H,11-12,31-32H2/b10-3+. The lowest BCUT2D eigenvalue weighted by Gasteiger charge is -2.16. The molecule has 0 amide bonds. The number of carbonyl (C=O) groups is 2. The van der Waals surface area contributed by atoms with Crippen LogP contribution in [0.5, 0.6) is 11.5 Å². The fraction of sp³-hybridized carbons (Fsp3) is 0.154. The van der Waals surface area contributed by atoms with Gasteiger partial charge in [-0.2, -0.15) is 17.6 Å². The number of nitrogen functional groups attached to an aromatic ring is 2. The average Bonchev–Trinajstić information content (AvgIpc) is 2.83. The molecule has 194 valence electrons. The molecular weight excluding hydrogens is 496 g/mol. The van der Waals surface area contributed by atoms with E-state index in [9.17, 15) is 27.2 Å². The summed E-state index contributed by atoms with van der Waals surface area (Å²) in [5.41, 5.74) is 14.0. The van der Waals surface area contributed by atoms with Gasteiger partial charge in [-0.15, -0.1) is 0 Å². The Morgan fingerprint density at radius 2 is 1.49 bits per heavy atom. The van der Waals surface area contributed by atoms with Crippen LogP contribution in [0.1, 0.15) is 21.5 Å². The van der Waals surface area contributed by atoms with E-state index >= 15 is 0 Å². The first-order chi connectivity index (χ1) is 17.5. The molecule has 0 heterocycles. The first-order valence-electron chi connectivity index (χ1n) is 10.8. The molecule has 0 saturated heterocycles. The molecule has 0 saturated carbocycles. The van der Waals surface area contributed by atoms with Crippen molar-refractivity contribution in [1.82, 2.24) is 0 Å². The van der Waals surface area contributed by atoms with Gasteiger partial charge in [0, 0.05) is 23.9 Å². The summed E-state index contributed by atoms with van der Waals surface area (Å²) in [6.07, 6.45) is -5.44. The van der Waals surface area contributed by atoms with Crippen molar-refractivity contribution in [3.05, 3.63) is 89.5 Å². The van der Waals surface area contributed by atoms with Crippen LogP contribution in [0.4, 0.5) is 28.9 Å². The summed E-state index contributed by atoms with van der Waals surface area (Å²) in [7, 11) is 0. The van der Waals surface area contributed by atoms with Gasteiger partial charge in [0.15, 0.2) is 0 Å². The van der Waals surface area contributed by atoms with Gasteiger partial charge < -0.3 is 25.7 Å². The minimum absolute atomic E-state index is 0.0136. The van der Waals surface area contributed by atoms with E-state index in [-0.39, 0.29) is 17.9 Å². The third-order valence-corrected chi connectivity index (χ3v) is 4.77. The molecule has 0 aliphatic heterocycles. The molecule has 3 aromatic carbocycles. The Bertz CT molecular complexity index is 1240. The number of esters is 2. The molecular formula is C26H22F4N2O5. The summed E-state index contributed by atoms with van der Waals surface area (Å²) in [6, 6.07) is 15.4. The van der Waals surface area contributed by atoms with E-state index < -0.39 is 30.2 Å². The first-order valence-corrected chi connectivity index (χ1v) is 10.8. The maximum Gasteiger partial charge on any atom is 0.461 e. The van der Waals surface area contributed by atoms with Crippen molar-refractivity contribution in [3.63, 3.8) is 0 Å². The Morgan fingerprint density at radius 3 is 2.08 bits per heavy atom. The Hall–Kier alpha value is -4.54. The number of ether oxygens (including phenoxy) is 3. The molecule has 0 atom stereocenters. The zero-order valence-electron chi connectivity index (χ0n) is 19.2. The largest absolute Gasteiger partial charge is 0.462 e. The van der Waals surface area contributed by atoms with Crippen LogP contribution in [0.15, 0.2) is 72.8 Å². The molecule has 3 rings (SSSR count). The molecule has 11 heteroatoms. The summed E-state index contributed by atoms with van der Waals surface area (Å²) in [5, 5.41) is 0. The van der Waals surface area contributed by atoms with Crippen LogP contribution >= 0.6 is 0 Å². The van der Waals surface area contributed by atoms with Gasteiger partial charge in [-0.1, -0.05) is 12.1 Å². The normalized spacial score (nSPS) is 11.5. The zero-order valence-corrected chi connectivity index (χ0v) is 19.2. The van der Waals surface area contributed by atoms with Crippen molar-refractivity contribution in [1.29, 1.82) is 0 Å². The minimum atomic E-state index is -4.65. The van der Waals surface area contributed by atoms with Gasteiger partial charge in [-0.25, -0.2) is 9.59 Å². The third kappa shape index (κ3) is 8.27. The summed E-state index contributed by atoms with van der Waals surface area (Å²) in [6.45, 7) is 0.142. The van der Waals surface area contributed by atoms with Gasteiger partial charge in [-0.3, -0.25) is 0 Å². The predicted molar refractivity (Wildman–Crippen MR) is 128 cm³/mol. The SMILES string of the molecule is Nc1cc(N)cc(CCOC(=O)/C=C/c2ccc(OC(=O)c3ccc(OC(F)(F)C(F)F)cc3)cc2)c1. The van der Waals surface area contributed by atoms with Gasteiger partial charge in [0.05, 0.1) is 12.2 Å². The first kappa shape index (κ1) is 27.1. The van der Waals surface area contributed by atoms with E-state index in [1.165, 1.54) is 24.3 Å². The van der Waals surface area contributed by atoms with Crippen molar-refractivity contribution < 1.29 is 41.4 Å². The Morgan fingerprint density at radius 1 is 0.892 bits per heavy atom. The lowest BCUT2D eigenvalue weighted by atomic mass is 10.1. The topological polar surface area (TPSA) is 114 Å². The number of halogens is 4. The minimum Gasteiger partial charge on any atom is -0.462 e. The van der Waals surface area contributed by atoms with Crippen LogP contribution in [0.25, 0.3) is 6.08 Å². The van der Waals surface area contributed by atoms with Gasteiger partial charge in [0.2, 0.25) is 0 Å². The molecule has 0 unspecified atom stereocenters. The van der Waals surface area contributed by atoms with E-state index in [0.29, 0.717) is 23.4 Å². The molecule has 0 spiro atoms. The fourth-order valence-electron chi connectivity index (χ4n) is 3.05. The maximum absolute atomic E-state index is 13.0. The average molecular weight is 518 g/mol. The van der Waals surface area contributed by atoms with Crippen molar-refractivity contribution >= 4 is 29.4 Å². The lowest BCUT2D eigenvalue weighted by Crippen LogP contribution is -2.33. The number of hydrogen-bond donors (Lipinski definition) is 2. The van der Waals surface area contributed by atoms with Gasteiger partial charge in [0.1, 0.15) is 11.5 Å². The predicted octanol–water partition coefficient (Wildman–Crippen LogP) is 5.11. The maximum atomic E-state index is 13.0. The van der Waals surface area contributed by atoms with Crippen molar-refractivity contribution in [2.24, 2.45) is 0 Å². The highest BCUT2D eigenvalue weighted by Gasteiger charge is 2.43. The third-order valence-electron chi connectivity index (χ3n) is 4.77. The molecule has 7 nitrogen and oxygen atoms in total. The Labute approximate surface area is 209 Å². The summed E-state index contributed by atoms with van der Waals surface area (Å²) in [5.74, 6) is -1.71. The smallest absolute Gasteiger partial charge is 0.461 e. The number of rotatable bonds is 10. The van der Waals surface area contributed by atoms with Crippen LogP contribution in [-0.2, 0) is 16.0 Å². The lowest BCUT2D eigenvalue weighted by molar-refractivity contribution is -0.253. The molecule has 0 fully saturated rings. The van der Waals surface area contributed by atoms with E-state index in [1.54, 1.807) is 30.3 Å². The number of carbonyl (C=O) groups excluding carboxylic acids is 2. The summed E-state index contributed by atoms with van der Waals surface area (Å²) in [4.78, 5) is 24.2. The van der Waals surface area contributed by atoms with Crippen molar-refractivity contribution in [3.8, 4) is 11.5 Å². The van der Waals surface area contributed by atoms with E-state index in [2.05, 4.69) is 4.74 Å². The number of anilines is 2. The number of benzene rings is 3. The van der Waals surface area contributed by atoms with Gasteiger partial charge in [0.25, 0.3) is 0 Å². The zero-order chi connectivity index (χ0) is 27.0. The highest BCUT2D eigenvalue weighted by atomic mass is 19.3. The molecule has 37 heavy (non-hydrogen) atoms. The second kappa shape index (κ2) is 11.9. The van der Waals surface area contributed by atoms with Crippen molar-refractivity contribution in [2.45, 2.75) is 19.0 Å².